The molecular weight excluding hydrogens is 326 g/mol. The van der Waals surface area contributed by atoms with E-state index < -0.39 is 4.92 Å². The topological polar surface area (TPSA) is 93.3 Å². The first-order valence-corrected chi connectivity index (χ1v) is 7.93. The number of hydrogen-bond donors (Lipinski definition) is 1. The van der Waals surface area contributed by atoms with Crippen LogP contribution in [-0.2, 0) is 0 Å². The Morgan fingerprint density at radius 2 is 2.04 bits per heavy atom. The Labute approximate surface area is 141 Å². The lowest BCUT2D eigenvalue weighted by atomic mass is 10.1. The van der Waals surface area contributed by atoms with E-state index in [2.05, 4.69) is 20.5 Å². The molecule has 7 nitrogen and oxygen atoms in total. The van der Waals surface area contributed by atoms with Gasteiger partial charge in [-0.2, -0.15) is 5.10 Å². The van der Waals surface area contributed by atoms with E-state index in [0.29, 0.717) is 5.13 Å². The van der Waals surface area contributed by atoms with Gasteiger partial charge >= 0.3 is 0 Å². The minimum atomic E-state index is -0.424. The van der Waals surface area contributed by atoms with Gasteiger partial charge in [-0.05, 0) is 31.2 Å². The number of pyridine rings is 1. The molecule has 24 heavy (non-hydrogen) atoms. The van der Waals surface area contributed by atoms with Crippen molar-refractivity contribution in [3.8, 4) is 11.3 Å². The first-order chi connectivity index (χ1) is 11.6. The van der Waals surface area contributed by atoms with Crippen LogP contribution < -0.4 is 5.43 Å². The molecule has 0 aliphatic rings. The van der Waals surface area contributed by atoms with Gasteiger partial charge in [0.15, 0.2) is 0 Å². The Balaban J connectivity index is 1.72. The number of nitro groups is 1. The molecule has 0 atom stereocenters. The number of nitrogens with one attached hydrogen (secondary N) is 1. The van der Waals surface area contributed by atoms with Crippen molar-refractivity contribution in [3.63, 3.8) is 0 Å². The van der Waals surface area contributed by atoms with Crippen molar-refractivity contribution in [3.05, 3.63) is 69.8 Å². The molecule has 0 aliphatic carbocycles. The molecule has 3 aromatic rings. The van der Waals surface area contributed by atoms with Gasteiger partial charge in [0.05, 0.1) is 22.0 Å². The second kappa shape index (κ2) is 6.97. The molecule has 2 aromatic heterocycles. The highest BCUT2D eigenvalue weighted by Crippen LogP contribution is 2.26. The molecule has 3 rings (SSSR count). The van der Waals surface area contributed by atoms with Crippen molar-refractivity contribution in [2.45, 2.75) is 6.92 Å². The first kappa shape index (κ1) is 15.8. The smallest absolute Gasteiger partial charge is 0.258 e. The van der Waals surface area contributed by atoms with Crippen LogP contribution in [0.25, 0.3) is 11.3 Å². The number of hydrazone groups is 1. The summed E-state index contributed by atoms with van der Waals surface area (Å²) in [5.41, 5.74) is 6.06. The molecule has 0 aliphatic heterocycles. The van der Waals surface area contributed by atoms with Crippen molar-refractivity contribution in [1.82, 2.24) is 9.97 Å². The molecule has 1 N–H and O–H groups in total. The van der Waals surface area contributed by atoms with Crippen molar-refractivity contribution < 1.29 is 4.92 Å². The summed E-state index contributed by atoms with van der Waals surface area (Å²) in [6.07, 6.45) is 1.71. The predicted molar refractivity (Wildman–Crippen MR) is 94.3 cm³/mol. The van der Waals surface area contributed by atoms with Crippen LogP contribution in [0.5, 0.6) is 0 Å². The van der Waals surface area contributed by atoms with E-state index in [1.165, 1.54) is 23.5 Å². The number of anilines is 1. The highest BCUT2D eigenvalue weighted by atomic mass is 32.1. The first-order valence-electron chi connectivity index (χ1n) is 7.05. The monoisotopic (exact) mass is 339 g/mol. The second-order valence-corrected chi connectivity index (χ2v) is 5.72. The van der Waals surface area contributed by atoms with Crippen LogP contribution >= 0.6 is 11.3 Å². The van der Waals surface area contributed by atoms with Gasteiger partial charge in [-0.15, -0.1) is 11.3 Å². The third-order valence-corrected chi connectivity index (χ3v) is 3.98. The Bertz CT molecular complexity index is 875. The van der Waals surface area contributed by atoms with Crippen molar-refractivity contribution in [2.75, 3.05) is 5.43 Å². The van der Waals surface area contributed by atoms with Gasteiger partial charge in [0.2, 0.25) is 5.13 Å². The van der Waals surface area contributed by atoms with E-state index in [0.717, 1.165) is 22.7 Å². The summed E-state index contributed by atoms with van der Waals surface area (Å²) in [6.45, 7) is 1.86. The third kappa shape index (κ3) is 3.61. The van der Waals surface area contributed by atoms with E-state index >= 15 is 0 Å². The minimum absolute atomic E-state index is 0.0583. The fraction of sp³-hybridized carbons (Fsp3) is 0.0625. The number of benzene rings is 1. The molecule has 0 saturated carbocycles. The number of rotatable bonds is 5. The molecule has 0 fully saturated rings. The number of non-ortho nitro benzene ring substituents is 1. The predicted octanol–water partition coefficient (Wildman–Crippen LogP) is 3.95. The van der Waals surface area contributed by atoms with Crippen LogP contribution in [0.3, 0.4) is 0 Å². The number of thiazole rings is 1. The minimum Gasteiger partial charge on any atom is -0.258 e. The second-order valence-electron chi connectivity index (χ2n) is 4.87. The van der Waals surface area contributed by atoms with Crippen LogP contribution in [-0.4, -0.2) is 20.6 Å². The Morgan fingerprint density at radius 1 is 1.25 bits per heavy atom. The van der Waals surface area contributed by atoms with Crippen LogP contribution in [0.15, 0.2) is 59.1 Å². The zero-order valence-corrected chi connectivity index (χ0v) is 13.5. The molecule has 0 unspecified atom stereocenters. The maximum Gasteiger partial charge on any atom is 0.269 e. The van der Waals surface area contributed by atoms with Gasteiger partial charge in [-0.25, -0.2) is 4.98 Å². The Morgan fingerprint density at radius 3 is 2.71 bits per heavy atom. The Hall–Kier alpha value is -3.13. The standard InChI is InChI=1S/C16H13N5O2S/c1-11(14-4-2-3-9-17-14)19-20-16-18-15(10-24-16)12-5-7-13(8-6-12)21(22)23/h2-10H,1H3,(H,18,20)/b19-11+. The van der Waals surface area contributed by atoms with Crippen LogP contribution in [0, 0.1) is 10.1 Å². The van der Waals surface area contributed by atoms with E-state index in [4.69, 9.17) is 0 Å². The summed E-state index contributed by atoms with van der Waals surface area (Å²) in [5.74, 6) is 0. The molecule has 2 heterocycles. The third-order valence-electron chi connectivity index (χ3n) is 3.23. The Kier molecular flexibility index (Phi) is 4.57. The summed E-state index contributed by atoms with van der Waals surface area (Å²) >= 11 is 1.41. The maximum absolute atomic E-state index is 10.7. The van der Waals surface area contributed by atoms with Gasteiger partial charge in [-0.3, -0.25) is 20.5 Å². The average molecular weight is 339 g/mol. The van der Waals surface area contributed by atoms with E-state index in [-0.39, 0.29) is 5.69 Å². The zero-order valence-electron chi connectivity index (χ0n) is 12.7. The highest BCUT2D eigenvalue weighted by molar-refractivity contribution is 7.14. The van der Waals surface area contributed by atoms with Gasteiger partial charge in [0.1, 0.15) is 0 Å². The molecule has 120 valence electrons. The van der Waals surface area contributed by atoms with E-state index in [9.17, 15) is 10.1 Å². The molecule has 1 aromatic carbocycles. The fourth-order valence-corrected chi connectivity index (χ4v) is 2.64. The van der Waals surface area contributed by atoms with Crippen molar-refractivity contribution >= 4 is 27.9 Å². The molecule has 8 heteroatoms. The zero-order chi connectivity index (χ0) is 16.9. The van der Waals surface area contributed by atoms with Crippen LogP contribution in [0.1, 0.15) is 12.6 Å². The van der Waals surface area contributed by atoms with Gasteiger partial charge in [0, 0.05) is 29.3 Å². The van der Waals surface area contributed by atoms with E-state index in [1.54, 1.807) is 18.3 Å². The van der Waals surface area contributed by atoms with Gasteiger partial charge in [-0.1, -0.05) is 6.07 Å². The lowest BCUT2D eigenvalue weighted by Gasteiger charge is -2.00. The molecule has 0 radical (unpaired) electrons. The number of nitro benzene ring substituents is 1. The summed E-state index contributed by atoms with van der Waals surface area (Å²) in [7, 11) is 0. The van der Waals surface area contributed by atoms with Crippen LogP contribution in [0.2, 0.25) is 0 Å². The summed E-state index contributed by atoms with van der Waals surface area (Å²) in [6, 6.07) is 11.9. The summed E-state index contributed by atoms with van der Waals surface area (Å²) in [4.78, 5) is 18.9. The molecule has 0 saturated heterocycles. The maximum atomic E-state index is 10.7. The number of nitrogens with zero attached hydrogens (tertiary/aromatic N) is 4. The summed E-state index contributed by atoms with van der Waals surface area (Å²) < 4.78 is 0. The summed E-state index contributed by atoms with van der Waals surface area (Å²) in [5, 5.41) is 17.5. The van der Waals surface area contributed by atoms with Crippen molar-refractivity contribution in [2.24, 2.45) is 5.10 Å². The number of hydrogen-bond acceptors (Lipinski definition) is 7. The normalized spacial score (nSPS) is 11.3. The quantitative estimate of drug-likeness (QED) is 0.431. The largest absolute Gasteiger partial charge is 0.269 e. The molecular formula is C16H13N5O2S. The molecule has 0 bridgehead atoms. The van der Waals surface area contributed by atoms with E-state index in [1.807, 2.05) is 30.5 Å². The van der Waals surface area contributed by atoms with Crippen molar-refractivity contribution in [1.29, 1.82) is 0 Å². The average Bonchev–Trinajstić information content (AvgIpc) is 3.09. The fourth-order valence-electron chi connectivity index (χ4n) is 1.98. The molecule has 0 spiro atoms. The SMILES string of the molecule is C/C(=N\Nc1nc(-c2ccc([N+](=O)[O-])cc2)cs1)c1ccccn1. The lowest BCUT2D eigenvalue weighted by molar-refractivity contribution is -0.384. The lowest BCUT2D eigenvalue weighted by Crippen LogP contribution is -2.01. The number of aromatic nitrogens is 2. The van der Waals surface area contributed by atoms with Gasteiger partial charge in [0.25, 0.3) is 5.69 Å². The molecule has 0 amide bonds. The van der Waals surface area contributed by atoms with Gasteiger partial charge < -0.3 is 0 Å². The highest BCUT2D eigenvalue weighted by Gasteiger charge is 2.08. The van der Waals surface area contributed by atoms with Crippen LogP contribution in [0.4, 0.5) is 10.8 Å².